The lowest BCUT2D eigenvalue weighted by Gasteiger charge is -2.36. The Morgan fingerprint density at radius 3 is 2.17 bits per heavy atom. The summed E-state index contributed by atoms with van der Waals surface area (Å²) in [5.74, 6) is 0.109. The third kappa shape index (κ3) is 5.44. The number of nitrogens with one attached hydrogen (secondary N) is 1. The van der Waals surface area contributed by atoms with Gasteiger partial charge in [-0.1, -0.05) is 0 Å². The van der Waals surface area contributed by atoms with Crippen molar-refractivity contribution >= 4 is 23.3 Å². The van der Waals surface area contributed by atoms with Crippen LogP contribution in [0.3, 0.4) is 0 Å². The van der Waals surface area contributed by atoms with Gasteiger partial charge in [-0.25, -0.2) is 4.79 Å². The number of rotatable bonds is 4. The Morgan fingerprint density at radius 1 is 1.08 bits per heavy atom. The van der Waals surface area contributed by atoms with E-state index < -0.39 is 5.60 Å². The smallest absolute Gasteiger partial charge is 0.410 e. The molecule has 1 aromatic carbocycles. The zero-order chi connectivity index (χ0) is 17.7. The summed E-state index contributed by atoms with van der Waals surface area (Å²) < 4.78 is 5.41. The molecule has 1 saturated heterocycles. The van der Waals surface area contributed by atoms with E-state index in [2.05, 4.69) is 10.2 Å². The van der Waals surface area contributed by atoms with Crippen LogP contribution in [-0.4, -0.2) is 55.1 Å². The second-order valence-electron chi connectivity index (χ2n) is 7.06. The highest BCUT2D eigenvalue weighted by molar-refractivity contribution is 5.80. The van der Waals surface area contributed by atoms with Crippen LogP contribution < -0.4 is 10.2 Å². The van der Waals surface area contributed by atoms with Crippen molar-refractivity contribution in [2.45, 2.75) is 33.3 Å². The fraction of sp³-hybridized carbons (Fsp3) is 0.556. The zero-order valence-corrected chi connectivity index (χ0v) is 15.0. The summed E-state index contributed by atoms with van der Waals surface area (Å²) in [7, 11) is 0. The number of amides is 1. The van der Waals surface area contributed by atoms with Crippen molar-refractivity contribution < 1.29 is 14.3 Å². The monoisotopic (exact) mass is 333 g/mol. The highest BCUT2D eigenvalue weighted by atomic mass is 16.6. The minimum absolute atomic E-state index is 0.109. The Bertz CT molecular complexity index is 570. The maximum absolute atomic E-state index is 12.1. The van der Waals surface area contributed by atoms with Gasteiger partial charge < -0.3 is 19.9 Å². The van der Waals surface area contributed by atoms with Crippen LogP contribution in [0.2, 0.25) is 0 Å². The molecule has 0 spiro atoms. The number of benzene rings is 1. The van der Waals surface area contributed by atoms with Crippen LogP contribution in [0.15, 0.2) is 24.3 Å². The Balaban J connectivity index is 1.85. The molecule has 24 heavy (non-hydrogen) atoms. The molecule has 1 aliphatic rings. The molecule has 0 saturated carbocycles. The van der Waals surface area contributed by atoms with E-state index in [1.807, 2.05) is 45.0 Å². The summed E-state index contributed by atoms with van der Waals surface area (Å²) in [6, 6.07) is 8.01. The maximum Gasteiger partial charge on any atom is 0.410 e. The van der Waals surface area contributed by atoms with E-state index in [4.69, 9.17) is 4.74 Å². The van der Waals surface area contributed by atoms with Crippen molar-refractivity contribution in [2.24, 2.45) is 0 Å². The van der Waals surface area contributed by atoms with Crippen LogP contribution in [0.25, 0.3) is 0 Å². The lowest BCUT2D eigenvalue weighted by molar-refractivity contribution is -0.115. The van der Waals surface area contributed by atoms with Gasteiger partial charge in [0.2, 0.25) is 0 Å². The number of hydrogen-bond donors (Lipinski definition) is 1. The van der Waals surface area contributed by atoms with Crippen molar-refractivity contribution in [3.8, 4) is 0 Å². The van der Waals surface area contributed by atoms with Crippen LogP contribution in [0.1, 0.15) is 27.7 Å². The third-order valence-corrected chi connectivity index (χ3v) is 3.71. The van der Waals surface area contributed by atoms with Crippen molar-refractivity contribution in [2.75, 3.05) is 42.9 Å². The molecule has 0 bridgehead atoms. The molecule has 0 atom stereocenters. The second kappa shape index (κ2) is 7.55. The lowest BCUT2D eigenvalue weighted by atomic mass is 10.2. The normalized spacial score (nSPS) is 15.2. The summed E-state index contributed by atoms with van der Waals surface area (Å²) in [6.07, 6.45) is -0.245. The molecule has 6 heteroatoms. The first-order chi connectivity index (χ1) is 11.2. The highest BCUT2D eigenvalue weighted by Crippen LogP contribution is 2.20. The molecule has 0 aromatic heterocycles. The van der Waals surface area contributed by atoms with Crippen molar-refractivity contribution in [3.05, 3.63) is 24.3 Å². The Hall–Kier alpha value is -2.24. The molecule has 1 aliphatic heterocycles. The highest BCUT2D eigenvalue weighted by Gasteiger charge is 2.25. The molecular weight excluding hydrogens is 306 g/mol. The van der Waals surface area contributed by atoms with Gasteiger partial charge in [0.15, 0.2) is 0 Å². The standard InChI is InChI=1S/C18H27N3O3/c1-14(22)13-19-15-5-7-16(8-6-15)20-9-11-21(12-10-20)17(23)24-18(2,3)4/h5-8,19H,9-13H2,1-4H3. The van der Waals surface area contributed by atoms with Crippen LogP contribution in [0, 0.1) is 0 Å². The number of hydrogen-bond acceptors (Lipinski definition) is 5. The number of Topliss-reactive ketones (excluding diaryl/α,β-unsaturated/α-hetero) is 1. The van der Waals surface area contributed by atoms with E-state index in [0.29, 0.717) is 19.6 Å². The van der Waals surface area contributed by atoms with E-state index >= 15 is 0 Å². The zero-order valence-electron chi connectivity index (χ0n) is 15.0. The van der Waals surface area contributed by atoms with Gasteiger partial charge in [0.25, 0.3) is 0 Å². The first-order valence-electron chi connectivity index (χ1n) is 8.31. The summed E-state index contributed by atoms with van der Waals surface area (Å²) in [6.45, 7) is 10.4. The van der Waals surface area contributed by atoms with Gasteiger partial charge >= 0.3 is 6.09 Å². The molecule has 1 fully saturated rings. The average Bonchev–Trinajstić information content (AvgIpc) is 2.52. The van der Waals surface area contributed by atoms with Gasteiger partial charge in [-0.15, -0.1) is 0 Å². The van der Waals surface area contributed by atoms with Crippen LogP contribution >= 0.6 is 0 Å². The largest absolute Gasteiger partial charge is 0.444 e. The van der Waals surface area contributed by atoms with Gasteiger partial charge in [0, 0.05) is 37.6 Å². The van der Waals surface area contributed by atoms with Gasteiger partial charge in [-0.2, -0.15) is 0 Å². The molecule has 1 amide bonds. The van der Waals surface area contributed by atoms with E-state index in [1.54, 1.807) is 11.8 Å². The van der Waals surface area contributed by atoms with Gasteiger partial charge in [0.1, 0.15) is 11.4 Å². The first-order valence-corrected chi connectivity index (χ1v) is 8.31. The third-order valence-electron chi connectivity index (χ3n) is 3.71. The Morgan fingerprint density at radius 2 is 1.67 bits per heavy atom. The molecule has 0 unspecified atom stereocenters. The average molecular weight is 333 g/mol. The van der Waals surface area contributed by atoms with Crippen molar-refractivity contribution in [1.82, 2.24) is 4.90 Å². The summed E-state index contributed by atoms with van der Waals surface area (Å²) in [5.41, 5.74) is 1.59. The molecule has 132 valence electrons. The topological polar surface area (TPSA) is 61.9 Å². The molecule has 6 nitrogen and oxygen atoms in total. The van der Waals surface area contributed by atoms with E-state index in [9.17, 15) is 9.59 Å². The van der Waals surface area contributed by atoms with Crippen LogP contribution in [0.5, 0.6) is 0 Å². The lowest BCUT2D eigenvalue weighted by Crippen LogP contribution is -2.50. The Labute approximate surface area is 143 Å². The maximum atomic E-state index is 12.1. The van der Waals surface area contributed by atoms with Crippen molar-refractivity contribution in [1.29, 1.82) is 0 Å². The number of carbonyl (C=O) groups is 2. The first kappa shape index (κ1) is 18.1. The predicted molar refractivity (Wildman–Crippen MR) is 95.6 cm³/mol. The molecular formula is C18H27N3O3. The summed E-state index contributed by atoms with van der Waals surface area (Å²) in [5, 5.41) is 3.08. The van der Waals surface area contributed by atoms with Gasteiger partial charge in [-0.05, 0) is 52.0 Å². The number of carbonyl (C=O) groups excluding carboxylic acids is 2. The fourth-order valence-corrected chi connectivity index (χ4v) is 2.49. The predicted octanol–water partition coefficient (Wildman–Crippen LogP) is 2.74. The molecule has 0 aliphatic carbocycles. The number of piperazine rings is 1. The fourth-order valence-electron chi connectivity index (χ4n) is 2.49. The van der Waals surface area contributed by atoms with E-state index in [-0.39, 0.29) is 11.9 Å². The quantitative estimate of drug-likeness (QED) is 0.918. The molecule has 1 N–H and O–H groups in total. The van der Waals surface area contributed by atoms with Crippen LogP contribution in [-0.2, 0) is 9.53 Å². The number of nitrogens with zero attached hydrogens (tertiary/aromatic N) is 2. The van der Waals surface area contributed by atoms with Crippen molar-refractivity contribution in [3.63, 3.8) is 0 Å². The molecule has 1 heterocycles. The van der Waals surface area contributed by atoms with Gasteiger partial charge in [0.05, 0.1) is 6.54 Å². The Kier molecular flexibility index (Phi) is 5.70. The van der Waals surface area contributed by atoms with Crippen LogP contribution in [0.4, 0.5) is 16.2 Å². The number of ketones is 1. The summed E-state index contributed by atoms with van der Waals surface area (Å²) in [4.78, 5) is 27.1. The number of anilines is 2. The molecule has 2 rings (SSSR count). The summed E-state index contributed by atoms with van der Waals surface area (Å²) >= 11 is 0. The SMILES string of the molecule is CC(=O)CNc1ccc(N2CCN(C(=O)OC(C)(C)C)CC2)cc1. The number of ether oxygens (including phenoxy) is 1. The van der Waals surface area contributed by atoms with E-state index in [1.165, 1.54) is 0 Å². The molecule has 1 aromatic rings. The minimum atomic E-state index is -0.461. The van der Waals surface area contributed by atoms with Gasteiger partial charge in [-0.3, -0.25) is 4.79 Å². The van der Waals surface area contributed by atoms with E-state index in [0.717, 1.165) is 24.5 Å². The molecule has 0 radical (unpaired) electrons. The second-order valence-corrected chi connectivity index (χ2v) is 7.06. The minimum Gasteiger partial charge on any atom is -0.444 e.